The number of imide groups is 1. The topological polar surface area (TPSA) is 345 Å². The molecule has 0 saturated carbocycles. The van der Waals surface area contributed by atoms with Crippen molar-refractivity contribution in [2.45, 2.75) is 154 Å². The molecule has 2 saturated heterocycles. The van der Waals surface area contributed by atoms with E-state index >= 15 is 0 Å². The number of esters is 1. The van der Waals surface area contributed by atoms with Gasteiger partial charge in [-0.25, -0.2) is 9.59 Å². The number of alkyl carbamates (subject to hydrolysis) is 1. The number of fused-ring (bicyclic) bond motifs is 5. The van der Waals surface area contributed by atoms with E-state index in [9.17, 15) is 53.1 Å². The third-order valence-corrected chi connectivity index (χ3v) is 17.0. The van der Waals surface area contributed by atoms with E-state index < -0.39 is 113 Å². The number of primary amides is 1. The third kappa shape index (κ3) is 18.3. The highest BCUT2D eigenvalue weighted by Crippen LogP contribution is 2.49. The molecular weight excluding hydrogens is 1190 g/mol. The van der Waals surface area contributed by atoms with Gasteiger partial charge in [0.05, 0.1) is 44.0 Å². The summed E-state index contributed by atoms with van der Waals surface area (Å²) in [6.07, 6.45) is 4.64. The number of unbranched alkanes of at least 4 members (excludes halogenated alkanes) is 2. The highest BCUT2D eigenvalue weighted by atomic mass is 35.5. The molecule has 27 heteroatoms. The van der Waals surface area contributed by atoms with Gasteiger partial charge in [-0.05, 0) is 94.2 Å². The van der Waals surface area contributed by atoms with E-state index in [2.05, 4.69) is 26.6 Å². The number of anilines is 2. The lowest BCUT2D eigenvalue weighted by atomic mass is 9.83. The van der Waals surface area contributed by atoms with Crippen molar-refractivity contribution < 1.29 is 81.5 Å². The van der Waals surface area contributed by atoms with Crippen molar-refractivity contribution in [3.05, 3.63) is 82.4 Å². The summed E-state index contributed by atoms with van der Waals surface area (Å²) >= 11 is 6.86. The van der Waals surface area contributed by atoms with Crippen LogP contribution < -0.4 is 46.7 Å². The Labute approximate surface area is 529 Å². The van der Waals surface area contributed by atoms with Gasteiger partial charge in [0, 0.05) is 77.3 Å². The molecule has 10 amide bonds. The van der Waals surface area contributed by atoms with Crippen molar-refractivity contribution in [1.82, 2.24) is 31.1 Å². The van der Waals surface area contributed by atoms with Crippen molar-refractivity contribution in [2.24, 2.45) is 23.5 Å². The zero-order chi connectivity index (χ0) is 66.4. The van der Waals surface area contributed by atoms with Crippen molar-refractivity contribution in [3.63, 3.8) is 0 Å². The van der Waals surface area contributed by atoms with Gasteiger partial charge in [-0.1, -0.05) is 69.5 Å². The van der Waals surface area contributed by atoms with Crippen LogP contribution in [-0.2, 0) is 58.9 Å². The minimum Gasteiger partial charge on any atom is -0.495 e. The Morgan fingerprint density at radius 2 is 1.63 bits per heavy atom. The first-order valence-electron chi connectivity index (χ1n) is 30.0. The monoisotopic (exact) mass is 1280 g/mol. The fourth-order valence-corrected chi connectivity index (χ4v) is 11.4. The fraction of sp³-hybridized carbons (Fsp3) is 0.556. The van der Waals surface area contributed by atoms with Crippen LogP contribution in [0.5, 0.6) is 11.5 Å². The summed E-state index contributed by atoms with van der Waals surface area (Å²) < 4.78 is 35.3. The number of methoxy groups -OCH3 is 3. The number of allylic oxidation sites excluding steroid dienone is 3. The molecule has 90 heavy (non-hydrogen) atoms. The minimum absolute atomic E-state index is 0.0303. The molecule has 492 valence electrons. The maximum absolute atomic E-state index is 14.5. The lowest BCUT2D eigenvalue weighted by Gasteiger charge is -2.42. The molecule has 0 spiro atoms. The lowest BCUT2D eigenvalue weighted by molar-refractivity contribution is -0.158. The first-order valence-corrected chi connectivity index (χ1v) is 30.4. The number of nitrogens with zero attached hydrogens (tertiary/aromatic N) is 3. The second kappa shape index (κ2) is 31.6. The number of aliphatic hydroxyl groups is 1. The summed E-state index contributed by atoms with van der Waals surface area (Å²) in [7, 11) is 7.30. The number of hydrogen-bond acceptors (Lipinski definition) is 17. The van der Waals surface area contributed by atoms with Gasteiger partial charge in [-0.3, -0.25) is 48.6 Å². The second-order valence-electron chi connectivity index (χ2n) is 23.8. The average Bonchev–Trinajstić information content (AvgIpc) is 1.57. The zero-order valence-corrected chi connectivity index (χ0v) is 53.7. The minimum atomic E-state index is -1.90. The smallest absolute Gasteiger partial charge is 0.409 e. The van der Waals surface area contributed by atoms with E-state index in [0.29, 0.717) is 37.1 Å². The van der Waals surface area contributed by atoms with E-state index in [4.69, 9.17) is 45.8 Å². The number of carbonyl (C=O) groups excluding carboxylic acids is 10. The first-order chi connectivity index (χ1) is 42.5. The number of ether oxygens (including phenoxy) is 6. The molecule has 4 bridgehead atoms. The molecule has 2 fully saturated rings. The normalized spacial score (nSPS) is 24.4. The molecule has 4 aliphatic rings. The Hall–Kier alpha value is -8.07. The molecule has 0 aromatic heterocycles. The van der Waals surface area contributed by atoms with Crippen LogP contribution in [0.3, 0.4) is 0 Å². The van der Waals surface area contributed by atoms with Crippen molar-refractivity contribution >= 4 is 82.4 Å². The number of amides is 10. The fourth-order valence-electron chi connectivity index (χ4n) is 11.0. The lowest BCUT2D eigenvalue weighted by Crippen LogP contribution is -2.63. The first kappa shape index (κ1) is 71.0. The number of carbonyl (C=O) groups is 10. The molecule has 8 N–H and O–H groups in total. The number of nitrogens with two attached hydrogens (primary N) is 1. The SMILES string of the molecule is COc1cc(C(=O)N(C)CC[C@@H](C)C(=O)O[C@H]2CC(=O)N(C)c3cc(cc(OC)c3Cl)C/C(C)=C/C=C/[C@@H](OC)[C@@]3(O)C[C@H](OC(=O)N3)[C@@H](C)[C@@H]3O[C@@]23C)ccc1NC(=O)[C@H](CCCNC(N)=O)NC(=O)[C@@H](NC(=O)CCCCCN1C(=O)C=CC1=O)C(C)C. The summed E-state index contributed by atoms with van der Waals surface area (Å²) in [4.78, 5) is 136. The number of rotatable bonds is 25. The number of benzene rings is 2. The van der Waals surface area contributed by atoms with E-state index in [-0.39, 0.29) is 92.0 Å². The number of nitrogens with one attached hydrogen (secondary N) is 5. The van der Waals surface area contributed by atoms with E-state index in [1.165, 1.54) is 68.5 Å². The van der Waals surface area contributed by atoms with Gasteiger partial charge in [-0.15, -0.1) is 0 Å². The molecule has 0 aliphatic carbocycles. The molecule has 2 aromatic carbocycles. The van der Waals surface area contributed by atoms with E-state index in [0.717, 1.165) is 16.0 Å². The number of urea groups is 1. The van der Waals surface area contributed by atoms with Crippen LogP contribution in [0.25, 0.3) is 0 Å². The largest absolute Gasteiger partial charge is 0.495 e. The molecule has 10 atom stereocenters. The van der Waals surface area contributed by atoms with Crippen LogP contribution in [0.2, 0.25) is 5.02 Å². The highest BCUT2D eigenvalue weighted by Gasteiger charge is 2.64. The number of halogens is 1. The number of epoxide rings is 1. The van der Waals surface area contributed by atoms with Crippen molar-refractivity contribution in [3.8, 4) is 11.5 Å². The van der Waals surface area contributed by atoms with Crippen molar-refractivity contribution in [2.75, 3.05) is 65.3 Å². The second-order valence-corrected chi connectivity index (χ2v) is 24.2. The van der Waals surface area contributed by atoms with Crippen LogP contribution >= 0.6 is 11.6 Å². The predicted octanol–water partition coefficient (Wildman–Crippen LogP) is 4.97. The molecule has 2 aromatic rings. The molecule has 6 rings (SSSR count). The van der Waals surface area contributed by atoms with Crippen molar-refractivity contribution in [1.29, 1.82) is 0 Å². The van der Waals surface area contributed by atoms with Crippen LogP contribution in [0.4, 0.5) is 21.0 Å². The molecule has 0 unspecified atom stereocenters. The molecule has 26 nitrogen and oxygen atoms in total. The summed E-state index contributed by atoms with van der Waals surface area (Å²) in [6.45, 7) is 10.8. The van der Waals surface area contributed by atoms with Crippen LogP contribution in [0.1, 0.15) is 115 Å². The van der Waals surface area contributed by atoms with Crippen LogP contribution in [0, 0.1) is 17.8 Å². The average molecular weight is 1280 g/mol. The zero-order valence-electron chi connectivity index (χ0n) is 52.9. The van der Waals surface area contributed by atoms with Gasteiger partial charge in [0.2, 0.25) is 23.6 Å². The van der Waals surface area contributed by atoms with Gasteiger partial charge < -0.3 is 70.3 Å². The predicted molar refractivity (Wildman–Crippen MR) is 331 cm³/mol. The van der Waals surface area contributed by atoms with Gasteiger partial charge >= 0.3 is 18.1 Å². The Morgan fingerprint density at radius 1 is 0.933 bits per heavy atom. The van der Waals surface area contributed by atoms with E-state index in [1.54, 1.807) is 66.0 Å². The van der Waals surface area contributed by atoms with Gasteiger partial charge in [0.1, 0.15) is 52.5 Å². The Balaban J connectivity index is 1.12. The summed E-state index contributed by atoms with van der Waals surface area (Å²) in [5.41, 5.74) is 4.35. The summed E-state index contributed by atoms with van der Waals surface area (Å²) in [5.74, 6) is -5.58. The maximum Gasteiger partial charge on any atom is 0.409 e. The number of hydrogen-bond donors (Lipinski definition) is 7. The van der Waals surface area contributed by atoms with Gasteiger partial charge in [0.25, 0.3) is 17.7 Å². The van der Waals surface area contributed by atoms with Crippen LogP contribution in [0.15, 0.2) is 66.3 Å². The highest BCUT2D eigenvalue weighted by molar-refractivity contribution is 6.35. The van der Waals surface area contributed by atoms with Crippen LogP contribution in [-0.4, -0.2) is 177 Å². The maximum atomic E-state index is 14.5. The molecule has 4 aliphatic heterocycles. The molecule has 0 radical (unpaired) electrons. The third-order valence-electron chi connectivity index (χ3n) is 16.6. The summed E-state index contributed by atoms with van der Waals surface area (Å²) in [6, 6.07) is 4.85. The Bertz CT molecular complexity index is 3100. The Morgan fingerprint density at radius 3 is 2.29 bits per heavy atom. The quantitative estimate of drug-likeness (QED) is 0.0298. The van der Waals surface area contributed by atoms with E-state index in [1.807, 2.05) is 13.0 Å². The van der Waals surface area contributed by atoms with Gasteiger partial charge in [-0.2, -0.15) is 0 Å². The van der Waals surface area contributed by atoms with Gasteiger partial charge in [0.15, 0.2) is 5.72 Å². The Kier molecular flexibility index (Phi) is 24.9. The molecule has 4 heterocycles. The standard InChI is InChI=1S/C63H86ClN9O17/c1-35(2)54(69-49(74)20-13-12-14-27-73-50(75)23-24-51(73)76)57(79)68-42(18-16-26-66-60(65)82)56(78)67-41-22-21-40(32-44(41)85-9)58(80)71(7)28-25-37(4)59(81)89-48-33-52(77)72(8)43-30-39(31-45(86-10)53(43)64)29-36(3)17-15-19-47(87-11)63(84)34-46(88-61(83)70-63)38(5)55-62(48,6)90-55/h15,17,19,21-24,30-32,35,37-38,42,46-48,54-55,84H,12-14,16,18,20,25-29,33-34H2,1-11H3,(H,67,78)(H,68,79)(H,69,74)(H,70,83)(H3,65,66,82)/b19-15+,36-17+/t37-,38-,42+,46+,47-,48+,54+,55+,62+,63+/m1/s1. The molecular formula is C63H86ClN9O17. The summed E-state index contributed by atoms with van der Waals surface area (Å²) in [5, 5.41) is 25.3.